The highest BCUT2D eigenvalue weighted by molar-refractivity contribution is 7.03. The number of para-hydroxylation sites is 11. The van der Waals surface area contributed by atoms with Crippen molar-refractivity contribution in [3.8, 4) is 11.4 Å². The summed E-state index contributed by atoms with van der Waals surface area (Å²) < 4.78 is 5.22. The molecular weight excluding hydrogens is 1310 g/mol. The van der Waals surface area contributed by atoms with Gasteiger partial charge in [0.25, 0.3) is 13.4 Å². The standard InChI is InChI=1S/C98H72B2N8/c1-98(2,3)67-58-59-85-81(60-67)95-97(108(85)77-54-32-13-33-55-77)100-83-65-82-86(66-87(83)104(73-46-24-9-25-47-73)89-62-79(64-91(93(89)100)106(95)75-50-28-11-29-51-75)102(70-40-18-6-19-41-70)71-42-20-7-21-43-71)103(72-44-22-8-23-45-72)88-61-78(101(68-36-14-4-15-37-68)69-38-16-5-17-39-69)63-90-92(88)99(82)96-94(105(90)74-48-26-10-27-49-74)80-56-34-35-57-84(80)107(96)76-52-30-12-31-53-76/h4-66H,1-3H3. The van der Waals surface area contributed by atoms with E-state index < -0.39 is 0 Å². The third kappa shape index (κ3) is 9.80. The van der Waals surface area contributed by atoms with Gasteiger partial charge in [-0.15, -0.1) is 0 Å². The first-order chi connectivity index (χ1) is 53.3. The third-order valence-electron chi connectivity index (χ3n) is 22.4. The van der Waals surface area contributed by atoms with E-state index in [9.17, 15) is 0 Å². The lowest BCUT2D eigenvalue weighted by atomic mass is 9.31. The maximum Gasteiger partial charge on any atom is 0.273 e. The smallest absolute Gasteiger partial charge is 0.273 e. The molecule has 0 spiro atoms. The van der Waals surface area contributed by atoms with Gasteiger partial charge in [0.05, 0.1) is 33.8 Å². The molecule has 4 aliphatic heterocycles. The van der Waals surface area contributed by atoms with Crippen LogP contribution in [-0.2, 0) is 5.41 Å². The Morgan fingerprint density at radius 3 is 0.898 bits per heavy atom. The van der Waals surface area contributed by atoms with E-state index in [0.717, 1.165) is 130 Å². The molecule has 0 atom stereocenters. The van der Waals surface area contributed by atoms with E-state index in [-0.39, 0.29) is 18.8 Å². The molecule has 17 aromatic rings. The average Bonchev–Trinajstić information content (AvgIpc) is 1.33. The summed E-state index contributed by atoms with van der Waals surface area (Å²) in [5.41, 5.74) is 32.2. The van der Waals surface area contributed by atoms with Crippen LogP contribution in [0.3, 0.4) is 0 Å². The molecule has 108 heavy (non-hydrogen) atoms. The van der Waals surface area contributed by atoms with E-state index in [1.165, 1.54) is 44.0 Å². The van der Waals surface area contributed by atoms with E-state index in [2.05, 4.69) is 441 Å². The molecule has 6 heterocycles. The molecule has 0 amide bonds. The molecule has 0 radical (unpaired) electrons. The maximum absolute atomic E-state index is 2.69. The number of anilines is 18. The fraction of sp³-hybridized carbons (Fsp3) is 0.0408. The van der Waals surface area contributed by atoms with Crippen LogP contribution in [0.5, 0.6) is 0 Å². The van der Waals surface area contributed by atoms with Crippen molar-refractivity contribution < 1.29 is 0 Å². The van der Waals surface area contributed by atoms with Gasteiger partial charge in [0.1, 0.15) is 0 Å². The van der Waals surface area contributed by atoms with Crippen LogP contribution in [0, 0.1) is 0 Å². The fourth-order valence-corrected chi connectivity index (χ4v) is 18.0. The van der Waals surface area contributed by atoms with Crippen LogP contribution in [0.4, 0.5) is 102 Å². The van der Waals surface area contributed by atoms with Crippen LogP contribution in [-0.4, -0.2) is 22.6 Å². The molecular formula is C98H72B2N8. The Labute approximate surface area is 630 Å². The van der Waals surface area contributed by atoms with Crippen LogP contribution in [0.15, 0.2) is 382 Å². The summed E-state index contributed by atoms with van der Waals surface area (Å²) in [6, 6.07) is 142. The molecule has 0 N–H and O–H groups in total. The second-order valence-electron chi connectivity index (χ2n) is 29.6. The molecule has 2 aromatic heterocycles. The number of hydrogen-bond acceptors (Lipinski definition) is 6. The van der Waals surface area contributed by atoms with Gasteiger partial charge in [-0.2, -0.15) is 0 Å². The molecule has 0 saturated heterocycles. The Kier molecular flexibility index (Phi) is 14.6. The lowest BCUT2D eigenvalue weighted by molar-refractivity contribution is 0.591. The lowest BCUT2D eigenvalue weighted by Gasteiger charge is -2.47. The minimum absolute atomic E-state index is 0.169. The quantitative estimate of drug-likeness (QED) is 0.113. The highest BCUT2D eigenvalue weighted by Gasteiger charge is 2.52. The van der Waals surface area contributed by atoms with Crippen molar-refractivity contribution in [2.24, 2.45) is 0 Å². The first-order valence-electron chi connectivity index (χ1n) is 37.5. The Hall–Kier alpha value is -13.7. The molecule has 0 unspecified atom stereocenters. The maximum atomic E-state index is 2.69. The molecule has 510 valence electrons. The summed E-state index contributed by atoms with van der Waals surface area (Å²) in [6.07, 6.45) is 0. The zero-order valence-electron chi connectivity index (χ0n) is 60.1. The second-order valence-corrected chi connectivity index (χ2v) is 29.6. The van der Waals surface area contributed by atoms with E-state index in [0.29, 0.717) is 0 Å². The van der Waals surface area contributed by atoms with Crippen LogP contribution in [0.2, 0.25) is 0 Å². The summed E-state index contributed by atoms with van der Waals surface area (Å²) in [6.45, 7) is 6.31. The fourth-order valence-electron chi connectivity index (χ4n) is 18.0. The van der Waals surface area contributed by atoms with Gasteiger partial charge in [-0.25, -0.2) is 0 Å². The number of aromatic nitrogens is 2. The number of nitrogens with zero attached hydrogens (tertiary/aromatic N) is 8. The van der Waals surface area contributed by atoms with Gasteiger partial charge < -0.3 is 38.5 Å². The lowest BCUT2D eigenvalue weighted by Crippen LogP contribution is -2.66. The number of benzene rings is 15. The summed E-state index contributed by atoms with van der Waals surface area (Å²) in [5, 5.41) is 2.35. The molecule has 0 bridgehead atoms. The minimum Gasteiger partial charge on any atom is -0.319 e. The number of rotatable bonds is 12. The molecule has 15 aromatic carbocycles. The molecule has 10 heteroatoms. The topological polar surface area (TPSA) is 29.3 Å². The second kappa shape index (κ2) is 25.0. The molecule has 0 aliphatic carbocycles. The molecule has 8 nitrogen and oxygen atoms in total. The average molecular weight is 1380 g/mol. The van der Waals surface area contributed by atoms with Crippen molar-refractivity contribution >= 4 is 171 Å². The summed E-state index contributed by atoms with van der Waals surface area (Å²) in [7, 11) is 0. The zero-order chi connectivity index (χ0) is 71.7. The van der Waals surface area contributed by atoms with Gasteiger partial charge in [-0.1, -0.05) is 233 Å². The van der Waals surface area contributed by atoms with Gasteiger partial charge >= 0.3 is 0 Å². The van der Waals surface area contributed by atoms with Crippen LogP contribution in [0.25, 0.3) is 33.2 Å². The third-order valence-corrected chi connectivity index (χ3v) is 22.4. The van der Waals surface area contributed by atoms with Crippen LogP contribution < -0.4 is 62.4 Å². The van der Waals surface area contributed by atoms with Gasteiger partial charge in [0, 0.05) is 113 Å². The first-order valence-corrected chi connectivity index (χ1v) is 37.5. The number of fused-ring (bicyclic) bond motifs is 12. The number of hydrogen-bond donors (Lipinski definition) is 0. The summed E-state index contributed by atoms with van der Waals surface area (Å²) in [5.74, 6) is 0. The van der Waals surface area contributed by atoms with Crippen molar-refractivity contribution in [2.45, 2.75) is 26.2 Å². The predicted octanol–water partition coefficient (Wildman–Crippen LogP) is 22.0. The Bertz CT molecular complexity index is 6220. The molecule has 21 rings (SSSR count). The van der Waals surface area contributed by atoms with Crippen molar-refractivity contribution in [2.75, 3.05) is 29.4 Å². The molecule has 0 fully saturated rings. The van der Waals surface area contributed by atoms with Crippen molar-refractivity contribution in [3.05, 3.63) is 388 Å². The minimum atomic E-state index is -0.366. The van der Waals surface area contributed by atoms with E-state index in [1.54, 1.807) is 0 Å². The Morgan fingerprint density at radius 1 is 0.241 bits per heavy atom. The first kappa shape index (κ1) is 62.8. The van der Waals surface area contributed by atoms with Crippen LogP contribution >= 0.6 is 0 Å². The zero-order valence-corrected chi connectivity index (χ0v) is 60.1. The van der Waals surface area contributed by atoms with Gasteiger partial charge in [-0.05, 0) is 203 Å². The Morgan fingerprint density at radius 2 is 0.537 bits per heavy atom. The monoisotopic (exact) mass is 1380 g/mol. The predicted molar refractivity (Wildman–Crippen MR) is 456 cm³/mol. The highest BCUT2D eigenvalue weighted by Crippen LogP contribution is 2.55. The largest absolute Gasteiger partial charge is 0.319 e. The van der Waals surface area contributed by atoms with Crippen LogP contribution in [0.1, 0.15) is 26.3 Å². The van der Waals surface area contributed by atoms with Gasteiger partial charge in [0.15, 0.2) is 0 Å². The Balaban J connectivity index is 0.958. The van der Waals surface area contributed by atoms with Crippen molar-refractivity contribution in [1.29, 1.82) is 0 Å². The summed E-state index contributed by atoms with van der Waals surface area (Å²) in [4.78, 5) is 15.3. The van der Waals surface area contributed by atoms with E-state index in [1.807, 2.05) is 0 Å². The van der Waals surface area contributed by atoms with Crippen molar-refractivity contribution in [1.82, 2.24) is 9.13 Å². The van der Waals surface area contributed by atoms with E-state index in [4.69, 9.17) is 0 Å². The normalized spacial score (nSPS) is 13.0. The highest BCUT2D eigenvalue weighted by atomic mass is 15.3. The van der Waals surface area contributed by atoms with E-state index >= 15 is 0 Å². The molecule has 4 aliphatic rings. The van der Waals surface area contributed by atoms with Crippen molar-refractivity contribution in [3.63, 3.8) is 0 Å². The molecule has 0 saturated carbocycles. The van der Waals surface area contributed by atoms with Gasteiger partial charge in [0.2, 0.25) is 0 Å². The SMILES string of the molecule is CC(C)(C)c1ccc2c(c1)c1c(n2-c2ccccc2)B2c3cc4c(cc3N(c3ccccc3)c3cc(N(c5ccccc5)c5ccccc5)cc(c32)N1c1ccccc1)N(c1ccccc1)c1cc(N(c2ccccc2)c2ccccc2)cc2c1B4c1c(c3ccccc3n1-c1ccccc1)N2c1ccccc1. The summed E-state index contributed by atoms with van der Waals surface area (Å²) >= 11 is 0. The van der Waals surface area contributed by atoms with Gasteiger partial charge in [-0.3, -0.25) is 0 Å².